The normalized spacial score (nSPS) is 14.0. The molecule has 0 aliphatic carbocycles. The molecule has 0 unspecified atom stereocenters. The zero-order valence-electron chi connectivity index (χ0n) is 23.2. The quantitative estimate of drug-likeness (QED) is 0.173. The minimum Gasteiger partial charge on any atom is -0.492 e. The maximum atomic E-state index is 13.7. The van der Waals surface area contributed by atoms with E-state index in [9.17, 15) is 22.8 Å². The maximum Gasteiger partial charge on any atom is 0.419 e. The van der Waals surface area contributed by atoms with Crippen LogP contribution in [0.1, 0.15) is 49.3 Å². The molecule has 1 heterocycles. The number of carbonyl (C=O) groups excluding carboxylic acids is 1. The summed E-state index contributed by atoms with van der Waals surface area (Å²) in [6.45, 7) is 5.76. The van der Waals surface area contributed by atoms with Crippen molar-refractivity contribution in [2.45, 2.75) is 45.7 Å². The summed E-state index contributed by atoms with van der Waals surface area (Å²) in [5, 5.41) is 24.6. The minimum absolute atomic E-state index is 0.00271. The number of amides is 1. The second kappa shape index (κ2) is 16.8. The molecule has 224 valence electrons. The number of benzene rings is 2. The third kappa shape index (κ3) is 11.6. The number of ether oxygens (including phenoxy) is 1. The first-order valence-electron chi connectivity index (χ1n) is 13.3. The highest BCUT2D eigenvalue weighted by atomic mass is 32.2. The van der Waals surface area contributed by atoms with E-state index in [2.05, 4.69) is 19.1 Å². The number of aliphatic carboxylic acids is 1. The molecule has 1 saturated heterocycles. The largest absolute Gasteiger partial charge is 0.492 e. The lowest BCUT2D eigenvalue weighted by atomic mass is 9.97. The van der Waals surface area contributed by atoms with Gasteiger partial charge in [-0.25, -0.2) is 0 Å². The highest BCUT2D eigenvalue weighted by molar-refractivity contribution is 8.26. The van der Waals surface area contributed by atoms with Crippen LogP contribution in [0, 0.1) is 23.7 Å². The van der Waals surface area contributed by atoms with Gasteiger partial charge in [0.1, 0.15) is 17.4 Å². The standard InChI is InChI=1S/C22H29F3N4O4S.C7H8/c1-2-3-8-29(14-30)21(27)34-19(26)16-4-5-18(17(13-16)22(23,24)25)33-12-11-28-9-6-15(7-10-28)20(31)32;1-7-5-3-2-4-6-7/h4-5,13-15,26-27H,2-3,6-12H2,1H3,(H,31,32);2-6H,1H3. The van der Waals surface area contributed by atoms with E-state index in [1.165, 1.54) is 11.6 Å². The number of halogens is 3. The number of carboxylic acid groups (broad SMARTS) is 1. The molecule has 1 aliphatic rings. The fourth-order valence-electron chi connectivity index (χ4n) is 3.99. The van der Waals surface area contributed by atoms with E-state index in [1.807, 2.05) is 30.0 Å². The number of amidine groups is 1. The number of likely N-dealkylation sites (tertiary alicyclic amines) is 1. The molecule has 3 N–H and O–H groups in total. The number of rotatable bonds is 10. The number of carbonyl (C=O) groups is 2. The van der Waals surface area contributed by atoms with E-state index >= 15 is 0 Å². The van der Waals surface area contributed by atoms with Crippen LogP contribution in [0.2, 0.25) is 0 Å². The zero-order chi connectivity index (χ0) is 30.4. The molecule has 8 nitrogen and oxygen atoms in total. The lowest BCUT2D eigenvalue weighted by Crippen LogP contribution is -2.38. The first kappa shape index (κ1) is 33.8. The molecule has 2 aromatic rings. The van der Waals surface area contributed by atoms with Crippen molar-refractivity contribution in [1.82, 2.24) is 9.80 Å². The average molecular weight is 595 g/mol. The summed E-state index contributed by atoms with van der Waals surface area (Å²) in [5.74, 6) is -1.58. The number of hydrogen-bond donors (Lipinski definition) is 3. The van der Waals surface area contributed by atoms with Gasteiger partial charge in [0.15, 0.2) is 5.17 Å². The third-order valence-corrected chi connectivity index (χ3v) is 7.30. The number of hydrogen-bond acceptors (Lipinski definition) is 7. The lowest BCUT2D eigenvalue weighted by molar-refractivity contribution is -0.143. The molecule has 12 heteroatoms. The Morgan fingerprint density at radius 2 is 1.83 bits per heavy atom. The Balaban J connectivity index is 0.000000729. The van der Waals surface area contributed by atoms with Crippen LogP contribution in [-0.2, 0) is 15.8 Å². The first-order chi connectivity index (χ1) is 19.5. The van der Waals surface area contributed by atoms with Crippen LogP contribution in [0.4, 0.5) is 13.2 Å². The van der Waals surface area contributed by atoms with E-state index in [-0.39, 0.29) is 34.0 Å². The van der Waals surface area contributed by atoms with Crippen molar-refractivity contribution in [2.75, 3.05) is 32.8 Å². The Hall–Kier alpha value is -3.38. The van der Waals surface area contributed by atoms with Gasteiger partial charge < -0.3 is 9.84 Å². The predicted octanol–water partition coefficient (Wildman–Crippen LogP) is 6.13. The number of piperidine rings is 1. The number of unbranched alkanes of at least 4 members (excludes halogenated alkanes) is 1. The van der Waals surface area contributed by atoms with Crippen molar-refractivity contribution in [1.29, 1.82) is 10.8 Å². The van der Waals surface area contributed by atoms with Crippen LogP contribution in [-0.4, -0.2) is 70.3 Å². The molecule has 0 aromatic heterocycles. The van der Waals surface area contributed by atoms with Gasteiger partial charge in [-0.05, 0) is 69.2 Å². The van der Waals surface area contributed by atoms with Crippen molar-refractivity contribution in [2.24, 2.45) is 5.92 Å². The van der Waals surface area contributed by atoms with Crippen molar-refractivity contribution in [3.63, 3.8) is 0 Å². The van der Waals surface area contributed by atoms with Crippen LogP contribution < -0.4 is 4.74 Å². The Morgan fingerprint density at radius 1 is 1.17 bits per heavy atom. The molecule has 0 bridgehead atoms. The monoisotopic (exact) mass is 594 g/mol. The van der Waals surface area contributed by atoms with Crippen LogP contribution in [0.15, 0.2) is 48.5 Å². The summed E-state index contributed by atoms with van der Waals surface area (Å²) in [4.78, 5) is 25.3. The summed E-state index contributed by atoms with van der Waals surface area (Å²) in [6, 6.07) is 13.6. The van der Waals surface area contributed by atoms with E-state index in [1.54, 1.807) is 0 Å². The van der Waals surface area contributed by atoms with E-state index in [0.717, 1.165) is 23.5 Å². The molecule has 2 aromatic carbocycles. The average Bonchev–Trinajstić information content (AvgIpc) is 2.94. The SMILES string of the molecule is CCCCN(C=O)C(=N)SC(=N)c1ccc(OCCN2CCC(C(=O)O)CC2)c(C(F)(F)F)c1.Cc1ccccc1. The molecule has 0 spiro atoms. The van der Waals surface area contributed by atoms with Crippen molar-refractivity contribution in [3.05, 3.63) is 65.2 Å². The predicted molar refractivity (Wildman–Crippen MR) is 155 cm³/mol. The summed E-state index contributed by atoms with van der Waals surface area (Å²) in [5.41, 5.74) is 0.263. The van der Waals surface area contributed by atoms with E-state index in [0.29, 0.717) is 63.6 Å². The number of thioether (sulfide) groups is 1. The van der Waals surface area contributed by atoms with Crippen LogP contribution >= 0.6 is 11.8 Å². The Bertz CT molecular complexity index is 1160. The molecule has 41 heavy (non-hydrogen) atoms. The molecular formula is C29H37F3N4O4S. The fraction of sp³-hybridized carbons (Fsp3) is 0.448. The van der Waals surface area contributed by atoms with Gasteiger partial charge >= 0.3 is 12.1 Å². The molecule has 1 fully saturated rings. The number of nitrogens with one attached hydrogen (secondary N) is 2. The van der Waals surface area contributed by atoms with Crippen LogP contribution in [0.25, 0.3) is 0 Å². The third-order valence-electron chi connectivity index (χ3n) is 6.43. The fourth-order valence-corrected chi connectivity index (χ4v) is 4.68. The number of nitrogens with zero attached hydrogens (tertiary/aromatic N) is 2. The lowest BCUT2D eigenvalue weighted by Gasteiger charge is -2.29. The summed E-state index contributed by atoms with van der Waals surface area (Å²) >= 11 is 0.604. The van der Waals surface area contributed by atoms with Gasteiger partial charge in [-0.1, -0.05) is 49.2 Å². The van der Waals surface area contributed by atoms with Crippen LogP contribution in [0.5, 0.6) is 5.75 Å². The molecular weight excluding hydrogens is 557 g/mol. The summed E-state index contributed by atoms with van der Waals surface area (Å²) in [7, 11) is 0. The number of carboxylic acids is 1. The van der Waals surface area contributed by atoms with Gasteiger partial charge in [0, 0.05) is 18.7 Å². The highest BCUT2D eigenvalue weighted by Crippen LogP contribution is 2.37. The second-order valence-corrected chi connectivity index (χ2v) is 10.6. The van der Waals surface area contributed by atoms with Gasteiger partial charge in [-0.2, -0.15) is 13.2 Å². The first-order valence-corrected chi connectivity index (χ1v) is 14.2. The number of alkyl halides is 3. The summed E-state index contributed by atoms with van der Waals surface area (Å²) < 4.78 is 46.4. The Labute approximate surface area is 242 Å². The second-order valence-electron chi connectivity index (χ2n) is 9.55. The molecule has 0 saturated carbocycles. The van der Waals surface area contributed by atoms with E-state index < -0.39 is 17.7 Å². The van der Waals surface area contributed by atoms with Gasteiger partial charge in [-0.3, -0.25) is 30.2 Å². The van der Waals surface area contributed by atoms with Crippen molar-refractivity contribution in [3.8, 4) is 5.75 Å². The topological polar surface area (TPSA) is 118 Å². The minimum atomic E-state index is -4.71. The molecule has 3 rings (SSSR count). The molecule has 1 aliphatic heterocycles. The number of aryl methyl sites for hydroxylation is 1. The van der Waals surface area contributed by atoms with Gasteiger partial charge in [0.2, 0.25) is 6.41 Å². The Kier molecular flexibility index (Phi) is 13.8. The highest BCUT2D eigenvalue weighted by Gasteiger charge is 2.35. The van der Waals surface area contributed by atoms with Crippen LogP contribution in [0.3, 0.4) is 0 Å². The maximum absolute atomic E-state index is 13.7. The molecule has 1 amide bonds. The van der Waals surface area contributed by atoms with Gasteiger partial charge in [-0.15, -0.1) is 0 Å². The van der Waals surface area contributed by atoms with Crippen molar-refractivity contribution >= 4 is 34.4 Å². The van der Waals surface area contributed by atoms with Crippen molar-refractivity contribution < 1.29 is 32.6 Å². The van der Waals surface area contributed by atoms with Gasteiger partial charge in [0.05, 0.1) is 11.5 Å². The smallest absolute Gasteiger partial charge is 0.419 e. The molecule has 0 radical (unpaired) electrons. The zero-order valence-corrected chi connectivity index (χ0v) is 24.1. The van der Waals surface area contributed by atoms with E-state index in [4.69, 9.17) is 20.7 Å². The Morgan fingerprint density at radius 3 is 2.34 bits per heavy atom. The van der Waals surface area contributed by atoms with Gasteiger partial charge in [0.25, 0.3) is 0 Å². The molecule has 0 atom stereocenters. The summed E-state index contributed by atoms with van der Waals surface area (Å²) in [6.07, 6.45) is -1.78.